The van der Waals surface area contributed by atoms with E-state index in [2.05, 4.69) is 10.3 Å². The Kier molecular flexibility index (Phi) is 4.73. The molecule has 1 aromatic carbocycles. The predicted octanol–water partition coefficient (Wildman–Crippen LogP) is 3.14. The number of fused-ring (bicyclic) bond motifs is 1. The first-order chi connectivity index (χ1) is 13.6. The van der Waals surface area contributed by atoms with Crippen LogP contribution in [0.5, 0.6) is 5.75 Å². The average Bonchev–Trinajstić information content (AvgIpc) is 3.36. The van der Waals surface area contributed by atoms with Crippen molar-refractivity contribution < 1.29 is 14.3 Å². The van der Waals surface area contributed by atoms with Crippen molar-refractivity contribution in [3.63, 3.8) is 0 Å². The number of methoxy groups -OCH3 is 1. The number of aromatic nitrogens is 2. The molecule has 28 heavy (non-hydrogen) atoms. The molecular weight excluding hydrogens is 356 g/mol. The van der Waals surface area contributed by atoms with Gasteiger partial charge in [0.25, 0.3) is 11.8 Å². The van der Waals surface area contributed by atoms with Gasteiger partial charge in [-0.1, -0.05) is 12.1 Å². The lowest BCUT2D eigenvalue weighted by Crippen LogP contribution is -2.29. The van der Waals surface area contributed by atoms with Crippen LogP contribution in [0.25, 0.3) is 5.52 Å². The summed E-state index contributed by atoms with van der Waals surface area (Å²) in [5, 5.41) is 2.87. The maximum absolute atomic E-state index is 13.0. The second-order valence-electron chi connectivity index (χ2n) is 6.90. The number of hydrogen-bond acceptors (Lipinski definition) is 4. The van der Waals surface area contributed by atoms with E-state index in [0.717, 1.165) is 31.5 Å². The summed E-state index contributed by atoms with van der Waals surface area (Å²) < 4.78 is 7.02. The third-order valence-corrected chi connectivity index (χ3v) is 4.95. The van der Waals surface area contributed by atoms with Gasteiger partial charge in [0.2, 0.25) is 5.82 Å². The van der Waals surface area contributed by atoms with Crippen molar-refractivity contribution in [3.05, 3.63) is 59.7 Å². The number of pyridine rings is 1. The van der Waals surface area contributed by atoms with Gasteiger partial charge in [-0.25, -0.2) is 4.98 Å². The molecule has 0 bridgehead atoms. The fourth-order valence-corrected chi connectivity index (χ4v) is 3.52. The van der Waals surface area contributed by atoms with Gasteiger partial charge >= 0.3 is 0 Å². The quantitative estimate of drug-likeness (QED) is 0.757. The molecule has 0 aliphatic carbocycles. The Hall–Kier alpha value is -3.35. The maximum Gasteiger partial charge on any atom is 0.290 e. The van der Waals surface area contributed by atoms with E-state index >= 15 is 0 Å². The lowest BCUT2D eigenvalue weighted by atomic mass is 10.2. The normalized spacial score (nSPS) is 13.7. The molecule has 1 N–H and O–H groups in total. The highest BCUT2D eigenvalue weighted by Crippen LogP contribution is 2.26. The van der Waals surface area contributed by atoms with E-state index < -0.39 is 0 Å². The van der Waals surface area contributed by atoms with Gasteiger partial charge in [-0.3, -0.25) is 14.0 Å². The SMILES string of the molecule is COc1ccc(C)cc1NC(=O)c1nc(C(=O)N2CCCC2)n2ccccc12. The van der Waals surface area contributed by atoms with Crippen LogP contribution in [0.1, 0.15) is 39.5 Å². The number of nitrogens with one attached hydrogen (secondary N) is 1. The average molecular weight is 378 g/mol. The summed E-state index contributed by atoms with van der Waals surface area (Å²) in [5.41, 5.74) is 2.37. The minimum atomic E-state index is -0.381. The van der Waals surface area contributed by atoms with Crippen LogP contribution in [-0.4, -0.2) is 46.3 Å². The first-order valence-corrected chi connectivity index (χ1v) is 9.31. The molecule has 1 saturated heterocycles. The van der Waals surface area contributed by atoms with Gasteiger partial charge in [0.1, 0.15) is 5.75 Å². The highest BCUT2D eigenvalue weighted by molar-refractivity contribution is 6.09. The molecule has 7 heteroatoms. The molecule has 0 unspecified atom stereocenters. The Bertz CT molecular complexity index is 1050. The van der Waals surface area contributed by atoms with E-state index in [1.54, 1.807) is 34.7 Å². The molecule has 3 heterocycles. The number of amides is 2. The maximum atomic E-state index is 13.0. The lowest BCUT2D eigenvalue weighted by molar-refractivity contribution is 0.0780. The van der Waals surface area contributed by atoms with Crippen LogP contribution in [-0.2, 0) is 0 Å². The number of likely N-dealkylation sites (tertiary alicyclic amines) is 1. The van der Waals surface area contributed by atoms with Crippen LogP contribution in [0.15, 0.2) is 42.6 Å². The number of imidazole rings is 1. The minimum Gasteiger partial charge on any atom is -0.495 e. The third-order valence-electron chi connectivity index (χ3n) is 4.95. The predicted molar refractivity (Wildman–Crippen MR) is 106 cm³/mol. The molecule has 0 radical (unpaired) electrons. The van der Waals surface area contributed by atoms with Gasteiger partial charge in [0.05, 0.1) is 18.3 Å². The summed E-state index contributed by atoms with van der Waals surface area (Å²) in [4.78, 5) is 32.1. The molecule has 0 spiro atoms. The monoisotopic (exact) mass is 378 g/mol. The molecule has 0 saturated carbocycles. The van der Waals surface area contributed by atoms with Crippen LogP contribution >= 0.6 is 0 Å². The number of rotatable bonds is 4. The fourth-order valence-electron chi connectivity index (χ4n) is 3.52. The van der Waals surface area contributed by atoms with Gasteiger partial charge in [0, 0.05) is 19.3 Å². The summed E-state index contributed by atoms with van der Waals surface area (Å²) >= 11 is 0. The van der Waals surface area contributed by atoms with E-state index in [-0.39, 0.29) is 23.3 Å². The molecule has 2 aromatic heterocycles. The van der Waals surface area contributed by atoms with Crippen LogP contribution < -0.4 is 10.1 Å². The molecule has 7 nitrogen and oxygen atoms in total. The van der Waals surface area contributed by atoms with E-state index in [1.165, 1.54) is 0 Å². The van der Waals surface area contributed by atoms with Crippen LogP contribution in [0, 0.1) is 6.92 Å². The number of anilines is 1. The Morgan fingerprint density at radius 2 is 1.93 bits per heavy atom. The zero-order valence-electron chi connectivity index (χ0n) is 15.9. The lowest BCUT2D eigenvalue weighted by Gasteiger charge is -2.13. The molecule has 1 aliphatic rings. The molecule has 0 atom stereocenters. The van der Waals surface area contributed by atoms with Crippen molar-refractivity contribution in [2.45, 2.75) is 19.8 Å². The standard InChI is InChI=1S/C21H22N4O3/c1-14-8-9-17(28-2)15(13-14)22-20(26)18-16-7-3-4-12-25(16)19(23-18)21(27)24-10-5-6-11-24/h3-4,7-9,12-13H,5-6,10-11H2,1-2H3,(H,22,26). The van der Waals surface area contributed by atoms with Crippen LogP contribution in [0.3, 0.4) is 0 Å². The van der Waals surface area contributed by atoms with Crippen molar-refractivity contribution in [1.29, 1.82) is 0 Å². The first-order valence-electron chi connectivity index (χ1n) is 9.31. The summed E-state index contributed by atoms with van der Waals surface area (Å²) in [6.45, 7) is 3.39. The molecule has 144 valence electrons. The Morgan fingerprint density at radius 3 is 2.68 bits per heavy atom. The van der Waals surface area contributed by atoms with Crippen molar-refractivity contribution in [3.8, 4) is 5.75 Å². The smallest absolute Gasteiger partial charge is 0.290 e. The number of carbonyl (C=O) groups excluding carboxylic acids is 2. The van der Waals surface area contributed by atoms with E-state index in [0.29, 0.717) is 17.0 Å². The van der Waals surface area contributed by atoms with Gasteiger partial charge in [0.15, 0.2) is 5.69 Å². The van der Waals surface area contributed by atoms with E-state index in [1.807, 2.05) is 31.2 Å². The van der Waals surface area contributed by atoms with Crippen molar-refractivity contribution >= 4 is 23.0 Å². The van der Waals surface area contributed by atoms with Crippen molar-refractivity contribution in [2.75, 3.05) is 25.5 Å². The third kappa shape index (κ3) is 3.19. The number of benzene rings is 1. The summed E-state index contributed by atoms with van der Waals surface area (Å²) in [6, 6.07) is 11.0. The number of hydrogen-bond donors (Lipinski definition) is 1. The van der Waals surface area contributed by atoms with Gasteiger partial charge in [-0.15, -0.1) is 0 Å². The number of ether oxygens (including phenoxy) is 1. The largest absolute Gasteiger partial charge is 0.495 e. The number of aryl methyl sites for hydroxylation is 1. The molecular formula is C21H22N4O3. The van der Waals surface area contributed by atoms with Gasteiger partial charge in [-0.2, -0.15) is 0 Å². The van der Waals surface area contributed by atoms with Crippen molar-refractivity contribution in [2.24, 2.45) is 0 Å². The van der Waals surface area contributed by atoms with E-state index in [9.17, 15) is 9.59 Å². The molecule has 3 aromatic rings. The summed E-state index contributed by atoms with van der Waals surface area (Å²) in [5.74, 6) is 0.300. The molecule has 1 fully saturated rings. The van der Waals surface area contributed by atoms with Gasteiger partial charge in [-0.05, 0) is 49.6 Å². The molecule has 2 amide bonds. The highest BCUT2D eigenvalue weighted by Gasteiger charge is 2.27. The van der Waals surface area contributed by atoms with Crippen LogP contribution in [0.4, 0.5) is 5.69 Å². The summed E-state index contributed by atoms with van der Waals surface area (Å²) in [6.07, 6.45) is 3.75. The topological polar surface area (TPSA) is 75.9 Å². The molecule has 4 rings (SSSR count). The zero-order chi connectivity index (χ0) is 19.7. The van der Waals surface area contributed by atoms with Crippen molar-refractivity contribution in [1.82, 2.24) is 14.3 Å². The number of carbonyl (C=O) groups is 2. The molecule has 1 aliphatic heterocycles. The summed E-state index contributed by atoms with van der Waals surface area (Å²) in [7, 11) is 1.55. The van der Waals surface area contributed by atoms with Gasteiger partial charge < -0.3 is 15.0 Å². The number of nitrogens with zero attached hydrogens (tertiary/aromatic N) is 3. The Balaban J connectivity index is 1.72. The fraction of sp³-hybridized carbons (Fsp3) is 0.286. The second-order valence-corrected chi connectivity index (χ2v) is 6.90. The Labute approximate surface area is 162 Å². The first kappa shape index (κ1) is 18.0. The van der Waals surface area contributed by atoms with Crippen LogP contribution in [0.2, 0.25) is 0 Å². The zero-order valence-corrected chi connectivity index (χ0v) is 15.9. The minimum absolute atomic E-state index is 0.147. The van der Waals surface area contributed by atoms with E-state index in [4.69, 9.17) is 4.74 Å². The Morgan fingerprint density at radius 1 is 1.14 bits per heavy atom. The highest BCUT2D eigenvalue weighted by atomic mass is 16.5. The second kappa shape index (κ2) is 7.34.